The van der Waals surface area contributed by atoms with Crippen LogP contribution < -0.4 is 11.4 Å². The van der Waals surface area contributed by atoms with E-state index in [4.69, 9.17) is 15.2 Å². The minimum atomic E-state index is -1.64. The van der Waals surface area contributed by atoms with Crippen LogP contribution in [0.4, 0.5) is 10.2 Å². The molecule has 0 spiro atoms. The molecular weight excluding hydrogens is 261 g/mol. The number of halogens is 1. The Balaban J connectivity index is 2.40. The summed E-state index contributed by atoms with van der Waals surface area (Å²) in [4.78, 5) is 14.9. The third-order valence-electron chi connectivity index (χ3n) is 3.17. The molecule has 1 fully saturated rings. The second-order valence-electron chi connectivity index (χ2n) is 4.16. The summed E-state index contributed by atoms with van der Waals surface area (Å²) < 4.78 is 24.3. The van der Waals surface area contributed by atoms with E-state index in [9.17, 15) is 19.4 Å². The summed E-state index contributed by atoms with van der Waals surface area (Å²) in [6.07, 6.45) is -0.518. The fourth-order valence-corrected chi connectivity index (χ4v) is 2.01. The monoisotopic (exact) mass is 275 g/mol. The van der Waals surface area contributed by atoms with Gasteiger partial charge in [0, 0.05) is 13.3 Å². The number of methoxy groups -OCH3 is 1. The maximum absolute atomic E-state index is 13.3. The van der Waals surface area contributed by atoms with E-state index in [2.05, 4.69) is 4.98 Å². The molecule has 106 valence electrons. The van der Waals surface area contributed by atoms with Crippen LogP contribution in [0.2, 0.25) is 0 Å². The summed E-state index contributed by atoms with van der Waals surface area (Å²) in [5.74, 6) is -3.04. The summed E-state index contributed by atoms with van der Waals surface area (Å²) in [7, 11) is 1.24. The van der Waals surface area contributed by atoms with Crippen molar-refractivity contribution in [3.05, 3.63) is 22.5 Å². The highest BCUT2D eigenvalue weighted by molar-refractivity contribution is 5.26. The van der Waals surface area contributed by atoms with Gasteiger partial charge in [0.25, 0.3) is 0 Å². The molecule has 1 saturated heterocycles. The zero-order valence-corrected chi connectivity index (χ0v) is 10.1. The number of nitrogen functional groups attached to an aromatic ring is 1. The number of aliphatic hydroxyl groups excluding tert-OH is 2. The molecule has 0 radical (unpaired) electrons. The van der Waals surface area contributed by atoms with Gasteiger partial charge in [0.15, 0.2) is 11.6 Å². The molecule has 19 heavy (non-hydrogen) atoms. The second kappa shape index (κ2) is 4.85. The second-order valence-corrected chi connectivity index (χ2v) is 4.16. The van der Waals surface area contributed by atoms with Crippen molar-refractivity contribution in [1.29, 1.82) is 0 Å². The van der Waals surface area contributed by atoms with Crippen LogP contribution in [0.3, 0.4) is 0 Å². The number of nitrogens with zero attached hydrogens (tertiary/aromatic N) is 2. The van der Waals surface area contributed by atoms with Crippen LogP contribution >= 0.6 is 0 Å². The predicted molar refractivity (Wildman–Crippen MR) is 60.7 cm³/mol. The number of nitrogens with two attached hydrogens (primary N) is 1. The van der Waals surface area contributed by atoms with Gasteiger partial charge in [-0.3, -0.25) is 4.57 Å². The maximum atomic E-state index is 13.3. The van der Waals surface area contributed by atoms with Crippen molar-refractivity contribution >= 4 is 5.82 Å². The molecule has 2 heterocycles. The van der Waals surface area contributed by atoms with Gasteiger partial charge in [-0.15, -0.1) is 0 Å². The zero-order chi connectivity index (χ0) is 14.2. The Bertz CT molecular complexity index is 530. The first-order valence-electron chi connectivity index (χ1n) is 5.47. The highest BCUT2D eigenvalue weighted by Crippen LogP contribution is 2.33. The molecule has 0 amide bonds. The molecule has 4 N–H and O–H groups in total. The van der Waals surface area contributed by atoms with E-state index in [-0.39, 0.29) is 6.61 Å². The average Bonchev–Trinajstić information content (AvgIpc) is 2.72. The summed E-state index contributed by atoms with van der Waals surface area (Å²) in [6.45, 7) is -0.749. The fraction of sp³-hybridized carbons (Fsp3) is 0.600. The van der Waals surface area contributed by atoms with E-state index in [0.29, 0.717) is 0 Å². The van der Waals surface area contributed by atoms with Crippen molar-refractivity contribution < 1.29 is 24.1 Å². The molecule has 1 aromatic rings. The normalized spacial score (nSPS) is 30.7. The first-order valence-corrected chi connectivity index (χ1v) is 5.47. The third kappa shape index (κ3) is 2.10. The molecule has 8 nitrogen and oxygen atoms in total. The average molecular weight is 275 g/mol. The van der Waals surface area contributed by atoms with E-state index in [0.717, 1.165) is 10.8 Å². The van der Waals surface area contributed by atoms with Gasteiger partial charge in [0.2, 0.25) is 5.79 Å². The molecule has 2 rings (SSSR count). The van der Waals surface area contributed by atoms with Crippen molar-refractivity contribution in [2.24, 2.45) is 0 Å². The Labute approximate surface area is 107 Å². The van der Waals surface area contributed by atoms with Gasteiger partial charge in [-0.25, -0.2) is 9.18 Å². The van der Waals surface area contributed by atoms with E-state index in [1.54, 1.807) is 0 Å². The van der Waals surface area contributed by atoms with E-state index in [1.807, 2.05) is 0 Å². The molecule has 0 saturated carbocycles. The summed E-state index contributed by atoms with van der Waals surface area (Å²) in [6, 6.07) is -0.929. The lowest BCUT2D eigenvalue weighted by atomic mass is 10.1. The van der Waals surface area contributed by atoms with Gasteiger partial charge in [-0.05, 0) is 0 Å². The standard InChI is InChI=1S/C10H14FN3O5/c1-18-10(4-15)7(16)6(3-19-10)14-2-5(11)8(12)13-9(14)17/h2,6-7,15-16H,3-4H2,1H3,(H2,12,13,17)/t6?,7-,10+/m0/s1. The van der Waals surface area contributed by atoms with Crippen molar-refractivity contribution in [2.75, 3.05) is 26.1 Å². The maximum Gasteiger partial charge on any atom is 0.350 e. The lowest BCUT2D eigenvalue weighted by molar-refractivity contribution is -0.250. The molecule has 1 unspecified atom stereocenters. The van der Waals surface area contributed by atoms with Crippen molar-refractivity contribution in [2.45, 2.75) is 17.9 Å². The Morgan fingerprint density at radius 3 is 3.00 bits per heavy atom. The number of aliphatic hydroxyl groups is 2. The van der Waals surface area contributed by atoms with Gasteiger partial charge >= 0.3 is 5.69 Å². The lowest BCUT2D eigenvalue weighted by Gasteiger charge is -2.28. The van der Waals surface area contributed by atoms with Crippen molar-refractivity contribution in [1.82, 2.24) is 9.55 Å². The fourth-order valence-electron chi connectivity index (χ4n) is 2.01. The van der Waals surface area contributed by atoms with Crippen LogP contribution in [0.15, 0.2) is 11.0 Å². The first-order chi connectivity index (χ1) is 8.95. The Morgan fingerprint density at radius 2 is 2.47 bits per heavy atom. The zero-order valence-electron chi connectivity index (χ0n) is 10.1. The van der Waals surface area contributed by atoms with Crippen LogP contribution in [-0.2, 0) is 9.47 Å². The van der Waals surface area contributed by atoms with Crippen LogP contribution in [0.5, 0.6) is 0 Å². The quantitative estimate of drug-likeness (QED) is 0.597. The Kier molecular flexibility index (Phi) is 3.54. The molecule has 1 aliphatic rings. The van der Waals surface area contributed by atoms with Crippen LogP contribution in [0.1, 0.15) is 6.04 Å². The smallest absolute Gasteiger partial charge is 0.350 e. The first kappa shape index (κ1) is 13.9. The van der Waals surface area contributed by atoms with Crippen LogP contribution in [-0.4, -0.2) is 52.0 Å². The molecule has 0 bridgehead atoms. The summed E-state index contributed by atoms with van der Waals surface area (Å²) >= 11 is 0. The minimum absolute atomic E-state index is 0.138. The SMILES string of the molecule is CO[C@]1(CO)OCC(n2cc(F)c(N)nc2=O)[C@@H]1O. The van der Waals surface area contributed by atoms with Gasteiger partial charge < -0.3 is 25.4 Å². The van der Waals surface area contributed by atoms with Gasteiger partial charge in [-0.2, -0.15) is 4.98 Å². The molecule has 1 aromatic heterocycles. The molecule has 0 aliphatic carbocycles. The van der Waals surface area contributed by atoms with E-state index < -0.39 is 41.9 Å². The highest BCUT2D eigenvalue weighted by Gasteiger charge is 2.51. The predicted octanol–water partition coefficient (Wildman–Crippen LogP) is -1.77. The Morgan fingerprint density at radius 1 is 1.79 bits per heavy atom. The lowest BCUT2D eigenvalue weighted by Crippen LogP contribution is -2.48. The highest BCUT2D eigenvalue weighted by atomic mass is 19.1. The molecule has 0 aromatic carbocycles. The number of ether oxygens (including phenoxy) is 2. The van der Waals surface area contributed by atoms with Gasteiger partial charge in [0.1, 0.15) is 6.10 Å². The van der Waals surface area contributed by atoms with Gasteiger partial charge in [0.05, 0.1) is 19.3 Å². The number of hydrogen-bond acceptors (Lipinski definition) is 7. The number of hydrogen-bond donors (Lipinski definition) is 3. The van der Waals surface area contributed by atoms with Gasteiger partial charge in [-0.1, -0.05) is 0 Å². The van der Waals surface area contributed by atoms with E-state index in [1.165, 1.54) is 7.11 Å². The molecular formula is C10H14FN3O5. The number of rotatable bonds is 3. The number of aromatic nitrogens is 2. The Hall–Kier alpha value is -1.55. The summed E-state index contributed by atoms with van der Waals surface area (Å²) in [5, 5.41) is 19.3. The largest absolute Gasteiger partial charge is 0.391 e. The molecule has 9 heteroatoms. The van der Waals surface area contributed by atoms with Crippen LogP contribution in [0.25, 0.3) is 0 Å². The molecule has 1 aliphatic heterocycles. The van der Waals surface area contributed by atoms with Crippen molar-refractivity contribution in [3.8, 4) is 0 Å². The summed E-state index contributed by atoms with van der Waals surface area (Å²) in [5.41, 5.74) is 4.35. The third-order valence-corrected chi connectivity index (χ3v) is 3.17. The van der Waals surface area contributed by atoms with Crippen LogP contribution in [0, 0.1) is 5.82 Å². The number of anilines is 1. The van der Waals surface area contributed by atoms with Crippen molar-refractivity contribution in [3.63, 3.8) is 0 Å². The minimum Gasteiger partial charge on any atom is -0.391 e. The van der Waals surface area contributed by atoms with E-state index >= 15 is 0 Å². The topological polar surface area (TPSA) is 120 Å². The molecule has 3 atom stereocenters.